The number of nitrogens with zero attached hydrogens (tertiary/aromatic N) is 2. The number of rotatable bonds is 7. The van der Waals surface area contributed by atoms with Gasteiger partial charge in [0, 0.05) is 25.8 Å². The van der Waals surface area contributed by atoms with Crippen molar-refractivity contribution >= 4 is 17.7 Å². The summed E-state index contributed by atoms with van der Waals surface area (Å²) in [5.41, 5.74) is -0.0305. The van der Waals surface area contributed by atoms with Crippen LogP contribution in [0.25, 0.3) is 0 Å². The highest BCUT2D eigenvalue weighted by Gasteiger charge is 2.29. The number of piperidine rings is 1. The average molecular weight is 442 g/mol. The Balaban J connectivity index is 1.87. The predicted molar refractivity (Wildman–Crippen MR) is 114 cm³/mol. The minimum Gasteiger partial charge on any atom is -0.444 e. The van der Waals surface area contributed by atoms with E-state index < -0.39 is 12.2 Å². The van der Waals surface area contributed by atoms with Crippen molar-refractivity contribution in [2.75, 3.05) is 32.0 Å². The van der Waals surface area contributed by atoms with Gasteiger partial charge in [-0.15, -0.1) is 0 Å². The van der Waals surface area contributed by atoms with E-state index in [-0.39, 0.29) is 29.7 Å². The molecule has 1 fully saturated rings. The fourth-order valence-corrected chi connectivity index (χ4v) is 3.53. The largest absolute Gasteiger partial charge is 0.444 e. The highest BCUT2D eigenvalue weighted by molar-refractivity contribution is 5.94. The normalized spacial score (nSPS) is 18.4. The van der Waals surface area contributed by atoms with Gasteiger partial charge in [0.25, 0.3) is 0 Å². The van der Waals surface area contributed by atoms with Gasteiger partial charge in [-0.1, -0.05) is 0 Å². The van der Waals surface area contributed by atoms with E-state index >= 15 is 0 Å². The molecule has 0 radical (unpaired) electrons. The predicted octanol–water partition coefficient (Wildman–Crippen LogP) is 4.19. The summed E-state index contributed by atoms with van der Waals surface area (Å²) in [5, 5.41) is 2.81. The fourth-order valence-electron chi connectivity index (χ4n) is 3.53. The van der Waals surface area contributed by atoms with Crippen LogP contribution in [-0.4, -0.2) is 66.7 Å². The van der Waals surface area contributed by atoms with E-state index in [1.165, 1.54) is 24.3 Å². The summed E-state index contributed by atoms with van der Waals surface area (Å²) in [6, 6.07) is 5.45. The molecule has 0 spiro atoms. The van der Waals surface area contributed by atoms with E-state index in [1.54, 1.807) is 11.9 Å². The summed E-state index contributed by atoms with van der Waals surface area (Å²) in [7, 11) is 1.73. The molecule has 0 bridgehead atoms. The molecule has 31 heavy (non-hydrogen) atoms. The molecule has 1 heterocycles. The van der Waals surface area contributed by atoms with Crippen LogP contribution in [0.3, 0.4) is 0 Å². The van der Waals surface area contributed by atoms with E-state index in [4.69, 9.17) is 4.74 Å². The molecule has 174 valence electrons. The number of carbonyl (C=O) groups is 2. The van der Waals surface area contributed by atoms with Crippen LogP contribution in [0, 0.1) is 5.92 Å². The van der Waals surface area contributed by atoms with Gasteiger partial charge in [-0.25, -0.2) is 4.79 Å². The summed E-state index contributed by atoms with van der Waals surface area (Å²) >= 11 is 0. The maximum atomic E-state index is 12.7. The van der Waals surface area contributed by atoms with Crippen LogP contribution in [0.2, 0.25) is 0 Å². The van der Waals surface area contributed by atoms with Crippen LogP contribution in [0.15, 0.2) is 24.3 Å². The van der Waals surface area contributed by atoms with Gasteiger partial charge >= 0.3 is 12.7 Å². The monoisotopic (exact) mass is 441 g/mol. The van der Waals surface area contributed by atoms with Crippen LogP contribution >= 0.6 is 0 Å². The fraction of sp³-hybridized carbons (Fsp3) is 0.636. The number of amides is 2. The van der Waals surface area contributed by atoms with Gasteiger partial charge in [0.2, 0.25) is 5.91 Å². The molecule has 2 unspecified atom stereocenters. The number of nitrogens with one attached hydrogen (secondary N) is 1. The van der Waals surface area contributed by atoms with Crippen molar-refractivity contribution in [3.63, 3.8) is 0 Å². The number of ether oxygens (including phenoxy) is 2. The smallest absolute Gasteiger partial charge is 0.410 e. The molecule has 1 aromatic carbocycles. The molecule has 2 rings (SSSR count). The molecule has 9 heteroatoms. The molecule has 2 amide bonds. The Bertz CT molecular complexity index is 737. The Morgan fingerprint density at radius 1 is 1.26 bits per heavy atom. The highest BCUT2D eigenvalue weighted by Crippen LogP contribution is 2.22. The van der Waals surface area contributed by atoms with Gasteiger partial charge in [0.1, 0.15) is 11.4 Å². The zero-order valence-corrected chi connectivity index (χ0v) is 18.9. The van der Waals surface area contributed by atoms with E-state index in [0.29, 0.717) is 18.8 Å². The van der Waals surface area contributed by atoms with Crippen LogP contribution < -0.4 is 10.1 Å². The number of hydrogen-bond acceptors (Lipinski definition) is 5. The molecule has 1 saturated heterocycles. The van der Waals surface area contributed by atoms with Crippen molar-refractivity contribution in [2.24, 2.45) is 5.92 Å². The number of alkyl halides is 2. The molecule has 1 aromatic rings. The van der Waals surface area contributed by atoms with Crippen molar-refractivity contribution in [1.82, 2.24) is 9.80 Å². The summed E-state index contributed by atoms with van der Waals surface area (Å²) in [4.78, 5) is 28.6. The molecule has 0 aromatic heterocycles. The Hall–Kier alpha value is -2.42. The molecule has 0 saturated carbocycles. The Labute approximate surface area is 182 Å². The Morgan fingerprint density at radius 3 is 2.48 bits per heavy atom. The summed E-state index contributed by atoms with van der Waals surface area (Å²) in [6.45, 7) is 6.50. The molecule has 1 N–H and O–H groups in total. The average Bonchev–Trinajstić information content (AvgIpc) is 2.67. The lowest BCUT2D eigenvalue weighted by Gasteiger charge is -2.37. The first-order chi connectivity index (χ1) is 14.4. The zero-order chi connectivity index (χ0) is 23.2. The second-order valence-corrected chi connectivity index (χ2v) is 8.93. The minimum atomic E-state index is -2.89. The lowest BCUT2D eigenvalue weighted by molar-refractivity contribution is -0.121. The number of anilines is 1. The standard InChI is InChI=1S/C22H33F2N3O4/c1-15(19(28)25-17-8-10-18(11-9-17)30-20(23)24)27-12-6-7-16(14-27)13-26(5)21(29)31-22(2,3)4/h8-11,15-16,20H,6-7,12-14H2,1-5H3,(H,25,28). The minimum absolute atomic E-state index is 0.0361. The third kappa shape index (κ3) is 8.32. The summed E-state index contributed by atoms with van der Waals surface area (Å²) in [5.74, 6) is 0.102. The van der Waals surface area contributed by atoms with Crippen LogP contribution in [0.4, 0.5) is 19.3 Å². The van der Waals surface area contributed by atoms with E-state index in [2.05, 4.69) is 15.0 Å². The van der Waals surface area contributed by atoms with Gasteiger partial charge < -0.3 is 19.7 Å². The Morgan fingerprint density at radius 2 is 1.90 bits per heavy atom. The molecule has 0 aliphatic carbocycles. The lowest BCUT2D eigenvalue weighted by Crippen LogP contribution is -2.49. The maximum absolute atomic E-state index is 12.7. The van der Waals surface area contributed by atoms with E-state index in [0.717, 1.165) is 19.4 Å². The topological polar surface area (TPSA) is 71.1 Å². The SMILES string of the molecule is CC(C(=O)Nc1ccc(OC(F)F)cc1)N1CCCC(CN(C)C(=O)OC(C)(C)C)C1. The molecule has 1 aliphatic heterocycles. The van der Waals surface area contributed by atoms with Crippen molar-refractivity contribution in [3.05, 3.63) is 24.3 Å². The number of likely N-dealkylation sites (tertiary alicyclic amines) is 1. The first-order valence-electron chi connectivity index (χ1n) is 10.5. The number of carbonyl (C=O) groups excluding carboxylic acids is 2. The highest BCUT2D eigenvalue weighted by atomic mass is 19.3. The van der Waals surface area contributed by atoms with Crippen molar-refractivity contribution in [3.8, 4) is 5.75 Å². The number of hydrogen-bond donors (Lipinski definition) is 1. The maximum Gasteiger partial charge on any atom is 0.410 e. The van der Waals surface area contributed by atoms with Gasteiger partial charge in [-0.05, 0) is 77.3 Å². The van der Waals surface area contributed by atoms with Gasteiger partial charge in [-0.3, -0.25) is 9.69 Å². The van der Waals surface area contributed by atoms with Crippen molar-refractivity contribution in [1.29, 1.82) is 0 Å². The zero-order valence-electron chi connectivity index (χ0n) is 18.9. The van der Waals surface area contributed by atoms with Crippen molar-refractivity contribution < 1.29 is 27.8 Å². The number of benzene rings is 1. The quantitative estimate of drug-likeness (QED) is 0.687. The first-order valence-corrected chi connectivity index (χ1v) is 10.5. The summed E-state index contributed by atoms with van der Waals surface area (Å²) in [6.07, 6.45) is 1.56. The second-order valence-electron chi connectivity index (χ2n) is 8.93. The summed E-state index contributed by atoms with van der Waals surface area (Å²) < 4.78 is 34.2. The van der Waals surface area contributed by atoms with Crippen LogP contribution in [0.5, 0.6) is 5.75 Å². The van der Waals surface area contributed by atoms with Crippen LogP contribution in [0.1, 0.15) is 40.5 Å². The number of halogens is 2. The third-order valence-corrected chi connectivity index (χ3v) is 5.06. The molecular weight excluding hydrogens is 408 g/mol. The van der Waals surface area contributed by atoms with Gasteiger partial charge in [0.05, 0.1) is 6.04 Å². The van der Waals surface area contributed by atoms with Crippen LogP contribution in [-0.2, 0) is 9.53 Å². The Kier molecular flexibility index (Phi) is 8.61. The lowest BCUT2D eigenvalue weighted by atomic mass is 9.96. The van der Waals surface area contributed by atoms with E-state index in [1.807, 2.05) is 27.7 Å². The molecular formula is C22H33F2N3O4. The third-order valence-electron chi connectivity index (χ3n) is 5.06. The van der Waals surface area contributed by atoms with Gasteiger partial charge in [0.15, 0.2) is 0 Å². The molecule has 7 nitrogen and oxygen atoms in total. The van der Waals surface area contributed by atoms with Gasteiger partial charge in [-0.2, -0.15) is 8.78 Å². The molecule has 2 atom stereocenters. The van der Waals surface area contributed by atoms with E-state index in [9.17, 15) is 18.4 Å². The first kappa shape index (κ1) is 24.8. The second kappa shape index (κ2) is 10.7. The van der Waals surface area contributed by atoms with Crippen molar-refractivity contribution in [2.45, 2.75) is 58.8 Å². The molecule has 1 aliphatic rings.